The van der Waals surface area contributed by atoms with E-state index in [0.717, 1.165) is 12.0 Å². The molecule has 2 aliphatic rings. The lowest BCUT2D eigenvalue weighted by Gasteiger charge is -2.43. The Morgan fingerprint density at radius 2 is 1.11 bits per heavy atom. The van der Waals surface area contributed by atoms with Crippen LogP contribution in [-0.2, 0) is 20.7 Å². The topological polar surface area (TPSA) is 58.9 Å². The summed E-state index contributed by atoms with van der Waals surface area (Å²) in [7, 11) is 0. The van der Waals surface area contributed by atoms with Gasteiger partial charge in [0.05, 0.1) is 0 Å². The van der Waals surface area contributed by atoms with E-state index in [1.807, 2.05) is 117 Å². The van der Waals surface area contributed by atoms with Crippen LogP contribution in [0.25, 0.3) is 0 Å². The highest BCUT2D eigenvalue weighted by atomic mass is 16.8. The molecule has 1 aliphatic heterocycles. The lowest BCUT2D eigenvalue weighted by Crippen LogP contribution is -2.55. The van der Waals surface area contributed by atoms with E-state index in [1.165, 1.54) is 0 Å². The summed E-state index contributed by atoms with van der Waals surface area (Å²) in [6.45, 7) is 3.66. The number of allylic oxidation sites excluding steroid dienone is 3. The fourth-order valence-corrected chi connectivity index (χ4v) is 5.40. The fourth-order valence-electron chi connectivity index (χ4n) is 5.40. The minimum absolute atomic E-state index is 0.676. The first-order chi connectivity index (χ1) is 16.9. The van der Waals surface area contributed by atoms with Crippen LogP contribution in [0.5, 0.6) is 0 Å². The van der Waals surface area contributed by atoms with Gasteiger partial charge in [-0.1, -0.05) is 109 Å². The molecular weight excluding hydrogens is 436 g/mol. The second kappa shape index (κ2) is 9.21. The number of aliphatic hydroxyl groups is 2. The molecule has 3 aromatic carbocycles. The molecule has 1 aliphatic carbocycles. The minimum atomic E-state index is -1.57. The van der Waals surface area contributed by atoms with Crippen LogP contribution in [-0.4, -0.2) is 28.2 Å². The van der Waals surface area contributed by atoms with Gasteiger partial charge in [-0.25, -0.2) is 0 Å². The van der Waals surface area contributed by atoms with E-state index in [0.29, 0.717) is 23.1 Å². The maximum atomic E-state index is 12.6. The Morgan fingerprint density at radius 1 is 0.686 bits per heavy atom. The van der Waals surface area contributed by atoms with Gasteiger partial charge in [0.25, 0.3) is 0 Å². The first-order valence-corrected chi connectivity index (χ1v) is 12.2. The van der Waals surface area contributed by atoms with Gasteiger partial charge in [-0.2, -0.15) is 0 Å². The normalized spacial score (nSPS) is 23.5. The van der Waals surface area contributed by atoms with E-state index in [4.69, 9.17) is 9.47 Å². The molecule has 0 saturated carbocycles. The number of benzene rings is 3. The van der Waals surface area contributed by atoms with Crippen molar-refractivity contribution in [2.24, 2.45) is 0 Å². The number of hydrogen-bond donors (Lipinski definition) is 2. The quantitative estimate of drug-likeness (QED) is 0.494. The Kier molecular flexibility index (Phi) is 6.24. The summed E-state index contributed by atoms with van der Waals surface area (Å²) in [4.78, 5) is 0. The third kappa shape index (κ3) is 4.17. The first-order valence-electron chi connectivity index (χ1n) is 12.2. The molecule has 0 aromatic heterocycles. The second-order valence-electron chi connectivity index (χ2n) is 9.77. The Balaban J connectivity index is 1.74. The van der Waals surface area contributed by atoms with E-state index < -0.39 is 29.2 Å². The molecule has 2 N–H and O–H groups in total. The van der Waals surface area contributed by atoms with Crippen molar-refractivity contribution in [3.05, 3.63) is 131 Å². The molecule has 35 heavy (non-hydrogen) atoms. The summed E-state index contributed by atoms with van der Waals surface area (Å²) in [5.74, 6) is -1.03. The number of hydrogen-bond acceptors (Lipinski definition) is 4. The van der Waals surface area contributed by atoms with Crippen molar-refractivity contribution in [3.63, 3.8) is 0 Å². The molecule has 1 saturated heterocycles. The third-order valence-electron chi connectivity index (χ3n) is 7.07. The molecule has 1 unspecified atom stereocenters. The van der Waals surface area contributed by atoms with Crippen LogP contribution in [0.3, 0.4) is 0 Å². The van der Waals surface area contributed by atoms with Gasteiger partial charge in [-0.05, 0) is 49.0 Å². The predicted molar refractivity (Wildman–Crippen MR) is 137 cm³/mol. The summed E-state index contributed by atoms with van der Waals surface area (Å²) < 4.78 is 13.0. The average molecular weight is 469 g/mol. The summed E-state index contributed by atoms with van der Waals surface area (Å²) in [6, 6.07) is 28.6. The van der Waals surface area contributed by atoms with Crippen LogP contribution in [0.2, 0.25) is 0 Å². The van der Waals surface area contributed by atoms with Crippen molar-refractivity contribution >= 4 is 0 Å². The molecule has 1 fully saturated rings. The van der Waals surface area contributed by atoms with Crippen molar-refractivity contribution < 1.29 is 19.7 Å². The monoisotopic (exact) mass is 468 g/mol. The molecule has 5 rings (SSSR count). The summed E-state index contributed by atoms with van der Waals surface area (Å²) >= 11 is 0. The van der Waals surface area contributed by atoms with Crippen LogP contribution in [0.15, 0.2) is 115 Å². The van der Waals surface area contributed by atoms with E-state index in [-0.39, 0.29) is 0 Å². The van der Waals surface area contributed by atoms with E-state index in [9.17, 15) is 10.2 Å². The van der Waals surface area contributed by atoms with Gasteiger partial charge >= 0.3 is 0 Å². The van der Waals surface area contributed by atoms with Crippen molar-refractivity contribution in [2.45, 2.75) is 55.9 Å². The summed E-state index contributed by atoms with van der Waals surface area (Å²) in [5, 5.41) is 25.3. The fraction of sp³-hybridized carbons (Fsp3) is 0.290. The van der Waals surface area contributed by atoms with Gasteiger partial charge < -0.3 is 19.7 Å². The van der Waals surface area contributed by atoms with Gasteiger partial charge in [0.1, 0.15) is 23.4 Å². The van der Waals surface area contributed by atoms with Crippen molar-refractivity contribution in [2.75, 3.05) is 0 Å². The van der Waals surface area contributed by atoms with E-state index in [2.05, 4.69) is 6.08 Å². The molecule has 1 heterocycles. The average Bonchev–Trinajstić information content (AvgIpc) is 3.26. The number of ether oxygens (including phenoxy) is 2. The number of rotatable bonds is 6. The van der Waals surface area contributed by atoms with E-state index in [1.54, 1.807) is 0 Å². The van der Waals surface area contributed by atoms with Crippen molar-refractivity contribution in [1.82, 2.24) is 0 Å². The SMILES string of the molecule is CC1(C)O[C@@H](C(O)(C2=CC=CCC2)c2ccccc2)[C@H](C(O)(c2ccccc2)c2ccccc2)O1. The molecule has 0 amide bonds. The lowest BCUT2D eigenvalue weighted by molar-refractivity contribution is -0.172. The van der Waals surface area contributed by atoms with Crippen LogP contribution >= 0.6 is 0 Å². The van der Waals surface area contributed by atoms with E-state index >= 15 is 0 Å². The predicted octanol–water partition coefficient (Wildman–Crippen LogP) is 5.61. The Hall–Kier alpha value is -3.02. The molecule has 0 spiro atoms. The Morgan fingerprint density at radius 3 is 1.54 bits per heavy atom. The molecule has 3 atom stereocenters. The zero-order chi connectivity index (χ0) is 24.5. The van der Waals surface area contributed by atoms with Gasteiger partial charge in [0.15, 0.2) is 5.79 Å². The van der Waals surface area contributed by atoms with Crippen LogP contribution in [0.1, 0.15) is 43.4 Å². The smallest absolute Gasteiger partial charge is 0.164 e. The van der Waals surface area contributed by atoms with Crippen molar-refractivity contribution in [1.29, 1.82) is 0 Å². The lowest BCUT2D eigenvalue weighted by atomic mass is 9.70. The first kappa shape index (κ1) is 23.7. The molecule has 0 bridgehead atoms. The van der Waals surface area contributed by atoms with Crippen LogP contribution in [0, 0.1) is 0 Å². The summed E-state index contributed by atoms with van der Waals surface area (Å²) in [5.41, 5.74) is -0.185. The highest BCUT2D eigenvalue weighted by Gasteiger charge is 2.61. The van der Waals surface area contributed by atoms with Gasteiger partial charge in [0.2, 0.25) is 0 Å². The highest BCUT2D eigenvalue weighted by Crippen LogP contribution is 2.51. The maximum Gasteiger partial charge on any atom is 0.164 e. The molecule has 0 radical (unpaired) electrons. The minimum Gasteiger partial charge on any atom is -0.378 e. The van der Waals surface area contributed by atoms with Crippen LogP contribution < -0.4 is 0 Å². The molecule has 180 valence electrons. The summed E-state index contributed by atoms with van der Waals surface area (Å²) in [6.07, 6.45) is 5.75. The zero-order valence-corrected chi connectivity index (χ0v) is 20.2. The second-order valence-corrected chi connectivity index (χ2v) is 9.77. The maximum absolute atomic E-state index is 12.6. The Bertz CT molecular complexity index is 1160. The third-order valence-corrected chi connectivity index (χ3v) is 7.07. The molecule has 4 heteroatoms. The Labute approximate surface area is 207 Å². The molecule has 3 aromatic rings. The van der Waals surface area contributed by atoms with Gasteiger partial charge in [0, 0.05) is 0 Å². The zero-order valence-electron chi connectivity index (χ0n) is 20.2. The highest BCUT2D eigenvalue weighted by molar-refractivity contribution is 5.43. The molecular formula is C31H32O4. The standard InChI is InChI=1S/C31H32O4/c1-29(2)34-27(30(32,23-15-7-3-8-16-23)24-17-9-4-10-18-24)28(35-29)31(33,25-19-11-5-12-20-25)26-21-13-6-14-22-26/h3-13,15-21,27-28,32-33H,14,22H2,1-2H3/t27-,28-,31?/m1/s1. The van der Waals surface area contributed by atoms with Gasteiger partial charge in [-0.15, -0.1) is 0 Å². The van der Waals surface area contributed by atoms with Gasteiger partial charge in [-0.3, -0.25) is 0 Å². The van der Waals surface area contributed by atoms with Crippen molar-refractivity contribution in [3.8, 4) is 0 Å². The molecule has 4 nitrogen and oxygen atoms in total. The largest absolute Gasteiger partial charge is 0.378 e. The van der Waals surface area contributed by atoms with Crippen LogP contribution in [0.4, 0.5) is 0 Å².